The first-order chi connectivity index (χ1) is 18.7. The normalized spacial score (nSPS) is 13.2. The second-order valence-electron chi connectivity index (χ2n) is 10.4. The number of rotatable bonds is 16. The third-order valence-corrected chi connectivity index (χ3v) is 5.54. The number of carboxylic acids is 1. The van der Waals surface area contributed by atoms with E-state index in [-0.39, 0.29) is 44.2 Å². The minimum absolute atomic E-state index is 0.118. The van der Waals surface area contributed by atoms with E-state index in [0.717, 1.165) is 0 Å². The molecule has 0 aliphatic carbocycles. The Kier molecular flexibility index (Phi) is 14.8. The molecule has 1 rings (SSSR count). The standard InChI is InChI=1S/C28H43NO11/c1-7-12-35-25(32)38-20(6)16-28(29,24(30)31)17-21-8-9-22(39-26(33)36-13-10-18(2)3)23(15-21)40-27(34)37-14-11-19(4)5/h8-9,15,18-20H,7,10-14,16-17,29H2,1-6H3,(H,30,31)/t20-,28?/m0/s1. The summed E-state index contributed by atoms with van der Waals surface area (Å²) in [7, 11) is 0. The van der Waals surface area contributed by atoms with Crippen LogP contribution in [0.3, 0.4) is 0 Å². The van der Waals surface area contributed by atoms with E-state index >= 15 is 0 Å². The Morgan fingerprint density at radius 2 is 1.35 bits per heavy atom. The number of aliphatic carboxylic acids is 1. The van der Waals surface area contributed by atoms with Crippen molar-refractivity contribution in [2.24, 2.45) is 17.6 Å². The number of nitrogens with two attached hydrogens (primary N) is 1. The summed E-state index contributed by atoms with van der Waals surface area (Å²) in [6.07, 6.45) is -2.45. The van der Waals surface area contributed by atoms with Crippen molar-refractivity contribution in [1.82, 2.24) is 0 Å². The van der Waals surface area contributed by atoms with Gasteiger partial charge in [-0.15, -0.1) is 0 Å². The van der Waals surface area contributed by atoms with Crippen molar-refractivity contribution in [2.75, 3.05) is 19.8 Å². The molecule has 0 aliphatic rings. The molecule has 1 aromatic rings. The van der Waals surface area contributed by atoms with Gasteiger partial charge in [-0.25, -0.2) is 14.4 Å². The van der Waals surface area contributed by atoms with Crippen LogP contribution in [0.4, 0.5) is 14.4 Å². The summed E-state index contributed by atoms with van der Waals surface area (Å²) in [6, 6.07) is 4.13. The van der Waals surface area contributed by atoms with E-state index in [4.69, 9.17) is 34.2 Å². The van der Waals surface area contributed by atoms with Crippen LogP contribution in [0.2, 0.25) is 0 Å². The SMILES string of the molecule is CCCOC(=O)O[C@@H](C)CC(N)(Cc1ccc(OC(=O)OCCC(C)C)c(OC(=O)OCCC(C)C)c1)C(=O)O. The largest absolute Gasteiger partial charge is 0.513 e. The van der Waals surface area contributed by atoms with Crippen molar-refractivity contribution < 1.29 is 52.7 Å². The number of hydrogen-bond acceptors (Lipinski definition) is 11. The molecule has 0 spiro atoms. The fraction of sp³-hybridized carbons (Fsp3) is 0.643. The highest BCUT2D eigenvalue weighted by Gasteiger charge is 2.37. The van der Waals surface area contributed by atoms with Gasteiger partial charge in [0.2, 0.25) is 0 Å². The van der Waals surface area contributed by atoms with Gasteiger partial charge in [0.15, 0.2) is 11.5 Å². The van der Waals surface area contributed by atoms with Gasteiger partial charge in [-0.3, -0.25) is 4.79 Å². The highest BCUT2D eigenvalue weighted by atomic mass is 16.7. The van der Waals surface area contributed by atoms with Crippen LogP contribution in [0.15, 0.2) is 18.2 Å². The summed E-state index contributed by atoms with van der Waals surface area (Å²) in [5.41, 5.74) is 4.70. The van der Waals surface area contributed by atoms with Gasteiger partial charge >= 0.3 is 24.4 Å². The molecule has 0 heterocycles. The third-order valence-electron chi connectivity index (χ3n) is 5.54. The number of benzene rings is 1. The molecule has 40 heavy (non-hydrogen) atoms. The van der Waals surface area contributed by atoms with Crippen LogP contribution in [-0.2, 0) is 30.2 Å². The molecule has 0 aromatic heterocycles. The Hall–Kier alpha value is -3.54. The Morgan fingerprint density at radius 1 is 0.825 bits per heavy atom. The molecule has 0 aliphatic heterocycles. The lowest BCUT2D eigenvalue weighted by Crippen LogP contribution is -2.52. The maximum absolute atomic E-state index is 12.3. The zero-order chi connectivity index (χ0) is 30.3. The van der Waals surface area contributed by atoms with Crippen LogP contribution in [-0.4, -0.2) is 61.0 Å². The third kappa shape index (κ3) is 13.5. The van der Waals surface area contributed by atoms with Crippen LogP contribution in [0.1, 0.15) is 72.8 Å². The fourth-order valence-corrected chi connectivity index (χ4v) is 3.36. The second-order valence-corrected chi connectivity index (χ2v) is 10.4. The van der Waals surface area contributed by atoms with E-state index in [1.54, 1.807) is 0 Å². The molecule has 0 saturated carbocycles. The molecule has 226 valence electrons. The number of ether oxygens (including phenoxy) is 6. The van der Waals surface area contributed by atoms with Crippen molar-refractivity contribution in [1.29, 1.82) is 0 Å². The van der Waals surface area contributed by atoms with E-state index in [1.165, 1.54) is 25.1 Å². The zero-order valence-corrected chi connectivity index (χ0v) is 24.2. The lowest BCUT2D eigenvalue weighted by molar-refractivity contribution is -0.144. The summed E-state index contributed by atoms with van der Waals surface area (Å²) in [5.74, 6) is -1.05. The lowest BCUT2D eigenvalue weighted by atomic mass is 9.86. The molecular formula is C28H43NO11. The van der Waals surface area contributed by atoms with Gasteiger partial charge in [0.25, 0.3) is 0 Å². The molecule has 0 bridgehead atoms. The molecule has 1 aromatic carbocycles. The van der Waals surface area contributed by atoms with Gasteiger partial charge < -0.3 is 39.3 Å². The summed E-state index contributed by atoms with van der Waals surface area (Å²) in [6.45, 7) is 11.6. The number of carboxylic acid groups (broad SMARTS) is 1. The number of carbonyl (C=O) groups is 4. The van der Waals surface area contributed by atoms with Crippen LogP contribution in [0.5, 0.6) is 11.5 Å². The molecule has 2 atom stereocenters. The first kappa shape index (κ1) is 34.5. The quantitative estimate of drug-likeness (QED) is 0.146. The average molecular weight is 570 g/mol. The molecule has 0 saturated heterocycles. The summed E-state index contributed by atoms with van der Waals surface area (Å²) < 4.78 is 30.7. The van der Waals surface area contributed by atoms with Gasteiger partial charge in [0.05, 0.1) is 19.8 Å². The van der Waals surface area contributed by atoms with Gasteiger partial charge in [-0.05, 0) is 55.7 Å². The molecule has 3 N–H and O–H groups in total. The van der Waals surface area contributed by atoms with Crippen molar-refractivity contribution in [3.63, 3.8) is 0 Å². The summed E-state index contributed by atoms with van der Waals surface area (Å²) >= 11 is 0. The molecular weight excluding hydrogens is 526 g/mol. The minimum Gasteiger partial charge on any atom is -0.480 e. The van der Waals surface area contributed by atoms with Gasteiger partial charge in [-0.2, -0.15) is 0 Å². The predicted molar refractivity (Wildman–Crippen MR) is 144 cm³/mol. The Labute approximate surface area is 235 Å². The van der Waals surface area contributed by atoms with Crippen LogP contribution in [0, 0.1) is 11.8 Å². The van der Waals surface area contributed by atoms with E-state index in [9.17, 15) is 24.3 Å². The fourth-order valence-electron chi connectivity index (χ4n) is 3.36. The summed E-state index contributed by atoms with van der Waals surface area (Å²) in [5, 5.41) is 9.88. The van der Waals surface area contributed by atoms with Crippen LogP contribution >= 0.6 is 0 Å². The van der Waals surface area contributed by atoms with Crippen molar-refractivity contribution in [2.45, 2.75) is 85.3 Å². The average Bonchev–Trinajstić information content (AvgIpc) is 2.83. The maximum Gasteiger partial charge on any atom is 0.513 e. The smallest absolute Gasteiger partial charge is 0.480 e. The Balaban J connectivity index is 3.11. The maximum atomic E-state index is 12.3. The van der Waals surface area contributed by atoms with Crippen LogP contribution < -0.4 is 15.2 Å². The monoisotopic (exact) mass is 569 g/mol. The van der Waals surface area contributed by atoms with Crippen molar-refractivity contribution in [3.05, 3.63) is 23.8 Å². The van der Waals surface area contributed by atoms with E-state index in [0.29, 0.717) is 36.7 Å². The molecule has 0 amide bonds. The second kappa shape index (κ2) is 17.2. The van der Waals surface area contributed by atoms with E-state index < -0.39 is 36.1 Å². The van der Waals surface area contributed by atoms with Crippen LogP contribution in [0.25, 0.3) is 0 Å². The number of carbonyl (C=O) groups excluding carboxylic acids is 3. The van der Waals surface area contributed by atoms with Crippen molar-refractivity contribution >= 4 is 24.4 Å². The molecule has 0 radical (unpaired) electrons. The molecule has 1 unspecified atom stereocenters. The molecule has 0 fully saturated rings. The Morgan fingerprint density at radius 3 is 1.85 bits per heavy atom. The summed E-state index contributed by atoms with van der Waals surface area (Å²) in [4.78, 5) is 48.4. The highest BCUT2D eigenvalue weighted by molar-refractivity contribution is 5.79. The van der Waals surface area contributed by atoms with E-state index in [2.05, 4.69) is 0 Å². The number of hydrogen-bond donors (Lipinski definition) is 2. The van der Waals surface area contributed by atoms with Gasteiger partial charge in [0, 0.05) is 12.8 Å². The lowest BCUT2D eigenvalue weighted by Gasteiger charge is -2.28. The Bertz CT molecular complexity index is 979. The van der Waals surface area contributed by atoms with Crippen molar-refractivity contribution in [3.8, 4) is 11.5 Å². The minimum atomic E-state index is -1.86. The predicted octanol–water partition coefficient (Wildman–Crippen LogP) is 5.48. The first-order valence-electron chi connectivity index (χ1n) is 13.4. The first-order valence-corrected chi connectivity index (χ1v) is 13.4. The topological polar surface area (TPSA) is 170 Å². The van der Waals surface area contributed by atoms with E-state index in [1.807, 2.05) is 34.6 Å². The zero-order valence-electron chi connectivity index (χ0n) is 24.2. The van der Waals surface area contributed by atoms with Gasteiger partial charge in [0.1, 0.15) is 11.6 Å². The highest BCUT2D eigenvalue weighted by Crippen LogP contribution is 2.31. The van der Waals surface area contributed by atoms with Gasteiger partial charge in [-0.1, -0.05) is 40.7 Å². The molecule has 12 heteroatoms. The molecule has 12 nitrogen and oxygen atoms in total.